The van der Waals surface area contributed by atoms with E-state index in [0.29, 0.717) is 11.8 Å². The van der Waals surface area contributed by atoms with Crippen LogP contribution in [0.4, 0.5) is 0 Å². The SMILES string of the molecule is C[C@@H]1CCCCN1C(=O)CSc1nnc2c3ccccc3nc(C(C)(C)C)n12. The number of carbonyl (C=O) groups excluding carboxylic acids is 1. The molecule has 1 aliphatic rings. The first-order valence-corrected chi connectivity index (χ1v) is 10.9. The molecule has 4 rings (SSSR count). The maximum Gasteiger partial charge on any atom is 0.233 e. The molecule has 0 aliphatic carbocycles. The number of piperidine rings is 1. The van der Waals surface area contributed by atoms with Gasteiger partial charge in [-0.25, -0.2) is 4.98 Å². The number of likely N-dealkylation sites (tertiary alicyclic amines) is 1. The monoisotopic (exact) mass is 397 g/mol. The Morgan fingerprint density at radius 3 is 2.75 bits per heavy atom. The van der Waals surface area contributed by atoms with Gasteiger partial charge in [-0.3, -0.25) is 9.20 Å². The van der Waals surface area contributed by atoms with Crippen LogP contribution in [0.25, 0.3) is 16.6 Å². The minimum atomic E-state index is -0.175. The molecule has 0 unspecified atom stereocenters. The highest BCUT2D eigenvalue weighted by Gasteiger charge is 2.26. The standard InChI is InChI=1S/C21H27N5OS/c1-14-9-7-8-12-25(14)17(27)13-28-20-24-23-18-15-10-5-6-11-16(15)22-19(26(18)20)21(2,3)4/h5-6,10-11,14H,7-9,12-13H2,1-4H3/t14-/m1/s1. The number of para-hydroxylation sites is 1. The van der Waals surface area contributed by atoms with Crippen molar-refractivity contribution in [3.05, 3.63) is 30.1 Å². The Balaban J connectivity index is 1.70. The van der Waals surface area contributed by atoms with Gasteiger partial charge in [-0.1, -0.05) is 44.7 Å². The second-order valence-electron chi connectivity index (χ2n) is 8.56. The molecule has 148 valence electrons. The van der Waals surface area contributed by atoms with Crippen LogP contribution in [0.1, 0.15) is 52.8 Å². The molecule has 1 atom stereocenters. The second-order valence-corrected chi connectivity index (χ2v) is 9.51. The number of hydrogen-bond donors (Lipinski definition) is 0. The number of hydrogen-bond acceptors (Lipinski definition) is 5. The second kappa shape index (κ2) is 7.35. The summed E-state index contributed by atoms with van der Waals surface area (Å²) < 4.78 is 2.03. The van der Waals surface area contributed by atoms with E-state index in [4.69, 9.17) is 4.98 Å². The molecule has 0 N–H and O–H groups in total. The van der Waals surface area contributed by atoms with Gasteiger partial charge in [-0.05, 0) is 38.3 Å². The minimum absolute atomic E-state index is 0.175. The summed E-state index contributed by atoms with van der Waals surface area (Å²) in [6.07, 6.45) is 3.40. The third kappa shape index (κ3) is 3.48. The van der Waals surface area contributed by atoms with Crippen LogP contribution in [0.3, 0.4) is 0 Å². The van der Waals surface area contributed by atoms with E-state index in [1.165, 1.54) is 18.2 Å². The molecule has 0 bridgehead atoms. The summed E-state index contributed by atoms with van der Waals surface area (Å²) >= 11 is 1.46. The highest BCUT2D eigenvalue weighted by molar-refractivity contribution is 7.99. The van der Waals surface area contributed by atoms with E-state index in [1.807, 2.05) is 33.6 Å². The first-order chi connectivity index (χ1) is 13.4. The van der Waals surface area contributed by atoms with E-state index in [0.717, 1.165) is 46.9 Å². The van der Waals surface area contributed by atoms with Gasteiger partial charge >= 0.3 is 0 Å². The molecule has 28 heavy (non-hydrogen) atoms. The molecule has 6 nitrogen and oxygen atoms in total. The number of carbonyl (C=O) groups is 1. The number of amides is 1. The summed E-state index contributed by atoms with van der Waals surface area (Å²) in [5.41, 5.74) is 1.55. The Labute approximate surface area is 169 Å². The molecule has 1 aliphatic heterocycles. The predicted octanol–water partition coefficient (Wildman–Crippen LogP) is 4.07. The molecular formula is C21H27N5OS. The molecule has 7 heteroatoms. The topological polar surface area (TPSA) is 63.4 Å². The van der Waals surface area contributed by atoms with Gasteiger partial charge in [0.1, 0.15) is 5.82 Å². The van der Waals surface area contributed by atoms with Crippen LogP contribution in [-0.2, 0) is 10.2 Å². The minimum Gasteiger partial charge on any atom is -0.339 e. The van der Waals surface area contributed by atoms with Gasteiger partial charge in [0.2, 0.25) is 5.91 Å². The average molecular weight is 398 g/mol. The van der Waals surface area contributed by atoms with E-state index in [2.05, 4.69) is 37.9 Å². The van der Waals surface area contributed by atoms with Crippen molar-refractivity contribution in [2.24, 2.45) is 0 Å². The number of rotatable bonds is 3. The van der Waals surface area contributed by atoms with Crippen molar-refractivity contribution in [2.45, 2.75) is 63.6 Å². The van der Waals surface area contributed by atoms with Crippen molar-refractivity contribution in [1.29, 1.82) is 0 Å². The quantitative estimate of drug-likeness (QED) is 0.624. The van der Waals surface area contributed by atoms with Crippen LogP contribution >= 0.6 is 11.8 Å². The Hall–Kier alpha value is -2.15. The fourth-order valence-electron chi connectivity index (χ4n) is 3.83. The van der Waals surface area contributed by atoms with Gasteiger partial charge < -0.3 is 4.90 Å². The van der Waals surface area contributed by atoms with Crippen molar-refractivity contribution < 1.29 is 4.79 Å². The summed E-state index contributed by atoms with van der Waals surface area (Å²) in [5, 5.41) is 10.6. The maximum absolute atomic E-state index is 12.8. The maximum atomic E-state index is 12.8. The summed E-state index contributed by atoms with van der Waals surface area (Å²) in [5.74, 6) is 1.47. The highest BCUT2D eigenvalue weighted by Crippen LogP contribution is 2.30. The first kappa shape index (κ1) is 19.2. The van der Waals surface area contributed by atoms with Gasteiger partial charge in [0.15, 0.2) is 10.8 Å². The van der Waals surface area contributed by atoms with E-state index in [9.17, 15) is 4.79 Å². The number of nitrogens with zero attached hydrogens (tertiary/aromatic N) is 5. The van der Waals surface area contributed by atoms with Gasteiger partial charge in [-0.2, -0.15) is 0 Å². The van der Waals surface area contributed by atoms with E-state index in [1.54, 1.807) is 0 Å². The fraction of sp³-hybridized carbons (Fsp3) is 0.524. The number of aromatic nitrogens is 4. The van der Waals surface area contributed by atoms with Crippen LogP contribution in [0.2, 0.25) is 0 Å². The van der Waals surface area contributed by atoms with Crippen molar-refractivity contribution in [3.63, 3.8) is 0 Å². The van der Waals surface area contributed by atoms with Crippen molar-refractivity contribution in [2.75, 3.05) is 12.3 Å². The Morgan fingerprint density at radius 2 is 2.00 bits per heavy atom. The van der Waals surface area contributed by atoms with Crippen molar-refractivity contribution in [1.82, 2.24) is 24.5 Å². The zero-order valence-corrected chi connectivity index (χ0v) is 17.8. The number of benzene rings is 1. The van der Waals surface area contributed by atoms with E-state index >= 15 is 0 Å². The molecule has 1 saturated heterocycles. The largest absolute Gasteiger partial charge is 0.339 e. The third-order valence-electron chi connectivity index (χ3n) is 5.34. The van der Waals surface area contributed by atoms with Gasteiger partial charge in [0.25, 0.3) is 0 Å². The zero-order chi connectivity index (χ0) is 19.9. The normalized spacial score (nSPS) is 18.1. The van der Waals surface area contributed by atoms with Crippen molar-refractivity contribution >= 4 is 34.2 Å². The number of fused-ring (bicyclic) bond motifs is 3. The molecule has 1 amide bonds. The smallest absolute Gasteiger partial charge is 0.233 e. The molecule has 0 radical (unpaired) electrons. The lowest BCUT2D eigenvalue weighted by Gasteiger charge is -2.33. The van der Waals surface area contributed by atoms with Crippen LogP contribution in [0.15, 0.2) is 29.4 Å². The van der Waals surface area contributed by atoms with Gasteiger partial charge in [-0.15, -0.1) is 10.2 Å². The lowest BCUT2D eigenvalue weighted by atomic mass is 9.95. The van der Waals surface area contributed by atoms with Gasteiger partial charge in [0, 0.05) is 23.4 Å². The zero-order valence-electron chi connectivity index (χ0n) is 17.0. The molecule has 1 aromatic carbocycles. The van der Waals surface area contributed by atoms with E-state index in [-0.39, 0.29) is 11.3 Å². The van der Waals surface area contributed by atoms with Gasteiger partial charge in [0.05, 0.1) is 11.3 Å². The third-order valence-corrected chi connectivity index (χ3v) is 6.25. The molecule has 1 fully saturated rings. The van der Waals surface area contributed by atoms with Crippen LogP contribution in [0.5, 0.6) is 0 Å². The van der Waals surface area contributed by atoms with Crippen molar-refractivity contribution in [3.8, 4) is 0 Å². The molecular weight excluding hydrogens is 370 g/mol. The Morgan fingerprint density at radius 1 is 1.21 bits per heavy atom. The van der Waals surface area contributed by atoms with Crippen LogP contribution in [-0.4, -0.2) is 48.7 Å². The molecule has 3 heterocycles. The predicted molar refractivity (Wildman–Crippen MR) is 113 cm³/mol. The molecule has 0 spiro atoms. The summed E-state index contributed by atoms with van der Waals surface area (Å²) in [6.45, 7) is 9.41. The Bertz CT molecular complexity index is 1020. The molecule has 2 aromatic heterocycles. The molecule has 0 saturated carbocycles. The van der Waals surface area contributed by atoms with Crippen LogP contribution < -0.4 is 0 Å². The number of thioether (sulfide) groups is 1. The molecule has 3 aromatic rings. The lowest BCUT2D eigenvalue weighted by molar-refractivity contribution is -0.131. The highest BCUT2D eigenvalue weighted by atomic mass is 32.2. The average Bonchev–Trinajstić information content (AvgIpc) is 3.09. The summed E-state index contributed by atoms with van der Waals surface area (Å²) in [4.78, 5) is 19.7. The van der Waals surface area contributed by atoms with E-state index < -0.39 is 0 Å². The first-order valence-electron chi connectivity index (χ1n) is 9.93. The summed E-state index contributed by atoms with van der Waals surface area (Å²) in [6, 6.07) is 8.33. The fourth-order valence-corrected chi connectivity index (χ4v) is 4.65. The van der Waals surface area contributed by atoms with Crippen LogP contribution in [0, 0.1) is 0 Å². The summed E-state index contributed by atoms with van der Waals surface area (Å²) in [7, 11) is 0. The lowest BCUT2D eigenvalue weighted by Crippen LogP contribution is -2.42. The Kier molecular flexibility index (Phi) is 5.04.